The normalized spacial score (nSPS) is 10.7. The minimum Gasteiger partial charge on any atom is -0.481 e. The van der Waals surface area contributed by atoms with Crippen molar-refractivity contribution in [1.82, 2.24) is 10.5 Å². The summed E-state index contributed by atoms with van der Waals surface area (Å²) < 4.78 is 5.11. The van der Waals surface area contributed by atoms with Crippen molar-refractivity contribution >= 4 is 5.97 Å². The van der Waals surface area contributed by atoms with E-state index in [4.69, 9.17) is 9.63 Å². The van der Waals surface area contributed by atoms with Crippen LogP contribution in [-0.2, 0) is 24.3 Å². The Hall–Kier alpha value is -2.14. The maximum absolute atomic E-state index is 10.8. The van der Waals surface area contributed by atoms with E-state index < -0.39 is 5.97 Å². The monoisotopic (exact) mass is 274 g/mol. The SMILES string of the molecule is Cc1noc(C)c1CNCc1ccccc1CC(=O)O. The van der Waals surface area contributed by atoms with Crippen LogP contribution in [0.2, 0.25) is 0 Å². The van der Waals surface area contributed by atoms with Gasteiger partial charge >= 0.3 is 5.97 Å². The fourth-order valence-corrected chi connectivity index (χ4v) is 2.14. The number of rotatable bonds is 6. The highest BCUT2D eigenvalue weighted by Gasteiger charge is 2.09. The van der Waals surface area contributed by atoms with Crippen molar-refractivity contribution in [3.8, 4) is 0 Å². The summed E-state index contributed by atoms with van der Waals surface area (Å²) in [7, 11) is 0. The molecule has 2 rings (SSSR count). The predicted molar refractivity (Wildman–Crippen MR) is 74.3 cm³/mol. The first-order chi connectivity index (χ1) is 9.58. The van der Waals surface area contributed by atoms with Crippen LogP contribution < -0.4 is 5.32 Å². The summed E-state index contributed by atoms with van der Waals surface area (Å²) in [6.07, 6.45) is 0.0448. The summed E-state index contributed by atoms with van der Waals surface area (Å²) in [6.45, 7) is 5.07. The molecule has 0 aliphatic heterocycles. The van der Waals surface area contributed by atoms with Crippen LogP contribution >= 0.6 is 0 Å². The molecule has 1 aromatic heterocycles. The number of carboxylic acid groups (broad SMARTS) is 1. The molecule has 0 aliphatic rings. The number of benzene rings is 1. The van der Waals surface area contributed by atoms with E-state index >= 15 is 0 Å². The van der Waals surface area contributed by atoms with Gasteiger partial charge in [-0.3, -0.25) is 4.79 Å². The third-order valence-electron chi connectivity index (χ3n) is 3.26. The predicted octanol–water partition coefficient (Wildman–Crippen LogP) is 2.21. The lowest BCUT2D eigenvalue weighted by Crippen LogP contribution is -2.15. The third-order valence-corrected chi connectivity index (χ3v) is 3.26. The molecule has 0 amide bonds. The van der Waals surface area contributed by atoms with E-state index in [0.29, 0.717) is 13.1 Å². The molecular formula is C15H18N2O3. The second-order valence-electron chi connectivity index (χ2n) is 4.75. The Morgan fingerprint density at radius 3 is 2.55 bits per heavy atom. The molecule has 0 fully saturated rings. The van der Waals surface area contributed by atoms with Gasteiger partial charge in [0.05, 0.1) is 12.1 Å². The molecule has 2 aromatic rings. The lowest BCUT2D eigenvalue weighted by molar-refractivity contribution is -0.136. The first-order valence-corrected chi connectivity index (χ1v) is 6.49. The first kappa shape index (κ1) is 14.3. The van der Waals surface area contributed by atoms with Gasteiger partial charge in [-0.25, -0.2) is 0 Å². The zero-order chi connectivity index (χ0) is 14.5. The molecule has 20 heavy (non-hydrogen) atoms. The Labute approximate surface area is 117 Å². The smallest absolute Gasteiger partial charge is 0.307 e. The molecule has 0 saturated carbocycles. The zero-order valence-corrected chi connectivity index (χ0v) is 11.6. The van der Waals surface area contributed by atoms with Gasteiger partial charge in [-0.15, -0.1) is 0 Å². The topological polar surface area (TPSA) is 75.4 Å². The maximum atomic E-state index is 10.8. The molecule has 0 aliphatic carbocycles. The van der Waals surface area contributed by atoms with E-state index in [2.05, 4.69) is 10.5 Å². The van der Waals surface area contributed by atoms with Gasteiger partial charge in [-0.2, -0.15) is 0 Å². The van der Waals surface area contributed by atoms with Crippen LogP contribution in [0.5, 0.6) is 0 Å². The Bertz CT molecular complexity index is 585. The molecule has 106 valence electrons. The van der Waals surface area contributed by atoms with E-state index in [1.807, 2.05) is 38.1 Å². The molecule has 5 nitrogen and oxygen atoms in total. The molecule has 0 saturated heterocycles. The molecule has 0 radical (unpaired) electrons. The van der Waals surface area contributed by atoms with Crippen molar-refractivity contribution in [3.63, 3.8) is 0 Å². The number of aliphatic carboxylic acids is 1. The van der Waals surface area contributed by atoms with Gasteiger partial charge in [0, 0.05) is 18.7 Å². The van der Waals surface area contributed by atoms with Crippen LogP contribution in [-0.4, -0.2) is 16.2 Å². The van der Waals surface area contributed by atoms with Crippen LogP contribution in [0.4, 0.5) is 0 Å². The summed E-state index contributed by atoms with van der Waals surface area (Å²) >= 11 is 0. The first-order valence-electron chi connectivity index (χ1n) is 6.49. The highest BCUT2D eigenvalue weighted by Crippen LogP contribution is 2.13. The average molecular weight is 274 g/mol. The van der Waals surface area contributed by atoms with E-state index in [-0.39, 0.29) is 6.42 Å². The van der Waals surface area contributed by atoms with Gasteiger partial charge in [0.2, 0.25) is 0 Å². The second-order valence-corrected chi connectivity index (χ2v) is 4.75. The van der Waals surface area contributed by atoms with E-state index in [9.17, 15) is 4.79 Å². The van der Waals surface area contributed by atoms with Crippen molar-refractivity contribution in [2.45, 2.75) is 33.4 Å². The lowest BCUT2D eigenvalue weighted by atomic mass is 10.0. The van der Waals surface area contributed by atoms with Crippen LogP contribution in [0.3, 0.4) is 0 Å². The van der Waals surface area contributed by atoms with Crippen molar-refractivity contribution in [2.75, 3.05) is 0 Å². The summed E-state index contributed by atoms with van der Waals surface area (Å²) in [6, 6.07) is 7.56. The minimum absolute atomic E-state index is 0.0448. The highest BCUT2D eigenvalue weighted by atomic mass is 16.5. The molecule has 1 heterocycles. The van der Waals surface area contributed by atoms with E-state index in [1.54, 1.807) is 0 Å². The number of aromatic nitrogens is 1. The Kier molecular flexibility index (Phi) is 4.53. The van der Waals surface area contributed by atoms with Crippen molar-refractivity contribution in [3.05, 3.63) is 52.4 Å². The molecule has 1 aromatic carbocycles. The molecule has 0 atom stereocenters. The van der Waals surface area contributed by atoms with Gasteiger partial charge in [-0.05, 0) is 25.0 Å². The van der Waals surface area contributed by atoms with Crippen molar-refractivity contribution in [2.24, 2.45) is 0 Å². The van der Waals surface area contributed by atoms with Gasteiger partial charge in [0.25, 0.3) is 0 Å². The zero-order valence-electron chi connectivity index (χ0n) is 11.6. The fourth-order valence-electron chi connectivity index (χ4n) is 2.14. The van der Waals surface area contributed by atoms with Crippen molar-refractivity contribution in [1.29, 1.82) is 0 Å². The van der Waals surface area contributed by atoms with Crippen LogP contribution in [0, 0.1) is 13.8 Å². The standard InChI is InChI=1S/C15H18N2O3/c1-10-14(11(2)20-17-10)9-16-8-13-6-4-3-5-12(13)7-15(18)19/h3-6,16H,7-9H2,1-2H3,(H,18,19). The van der Waals surface area contributed by atoms with Gasteiger partial charge in [-0.1, -0.05) is 29.4 Å². The average Bonchev–Trinajstić information content (AvgIpc) is 2.71. The van der Waals surface area contributed by atoms with Crippen LogP contribution in [0.1, 0.15) is 28.1 Å². The van der Waals surface area contributed by atoms with Crippen LogP contribution in [0.25, 0.3) is 0 Å². The highest BCUT2D eigenvalue weighted by molar-refractivity contribution is 5.70. The summed E-state index contributed by atoms with van der Waals surface area (Å²) in [5, 5.41) is 16.1. The minimum atomic E-state index is -0.817. The third kappa shape index (κ3) is 3.45. The summed E-state index contributed by atoms with van der Waals surface area (Å²) in [5.74, 6) is -0.00278. The number of aryl methyl sites for hydroxylation is 2. The van der Waals surface area contributed by atoms with E-state index in [1.165, 1.54) is 0 Å². The second kappa shape index (κ2) is 6.34. The van der Waals surface area contributed by atoms with Gasteiger partial charge in [0.15, 0.2) is 0 Å². The molecule has 0 spiro atoms. The maximum Gasteiger partial charge on any atom is 0.307 e. The van der Waals surface area contributed by atoms with E-state index in [0.717, 1.165) is 28.1 Å². The summed E-state index contributed by atoms with van der Waals surface area (Å²) in [5.41, 5.74) is 3.78. The molecule has 0 bridgehead atoms. The summed E-state index contributed by atoms with van der Waals surface area (Å²) in [4.78, 5) is 10.8. The van der Waals surface area contributed by atoms with Gasteiger partial charge < -0.3 is 14.9 Å². The molecule has 0 unspecified atom stereocenters. The largest absolute Gasteiger partial charge is 0.481 e. The Balaban J connectivity index is 1.99. The van der Waals surface area contributed by atoms with Crippen molar-refractivity contribution < 1.29 is 14.4 Å². The number of carboxylic acids is 1. The molecular weight excluding hydrogens is 256 g/mol. The fraction of sp³-hybridized carbons (Fsp3) is 0.333. The lowest BCUT2D eigenvalue weighted by Gasteiger charge is -2.09. The Morgan fingerprint density at radius 1 is 1.25 bits per heavy atom. The van der Waals surface area contributed by atoms with Crippen LogP contribution in [0.15, 0.2) is 28.8 Å². The number of hydrogen-bond donors (Lipinski definition) is 2. The number of nitrogens with one attached hydrogen (secondary N) is 1. The Morgan fingerprint density at radius 2 is 1.95 bits per heavy atom. The van der Waals surface area contributed by atoms with Gasteiger partial charge in [0.1, 0.15) is 5.76 Å². The number of carbonyl (C=O) groups is 1. The number of nitrogens with zero attached hydrogens (tertiary/aromatic N) is 1. The number of hydrogen-bond acceptors (Lipinski definition) is 4. The molecule has 5 heteroatoms. The molecule has 2 N–H and O–H groups in total. The quantitative estimate of drug-likeness (QED) is 0.844.